The molecule has 0 spiro atoms. The molecule has 0 unspecified atom stereocenters. The third-order valence-electron chi connectivity index (χ3n) is 2.88. The lowest BCUT2D eigenvalue weighted by atomic mass is 10.2. The van der Waals surface area contributed by atoms with Crippen molar-refractivity contribution >= 4 is 23.4 Å². The lowest BCUT2D eigenvalue weighted by molar-refractivity contribution is 0.659. The van der Waals surface area contributed by atoms with E-state index in [1.807, 2.05) is 0 Å². The van der Waals surface area contributed by atoms with Crippen LogP contribution in [0.25, 0.3) is 5.78 Å². The number of nitrogens with zero attached hydrogens (tertiary/aromatic N) is 3. The molecular formula is C12H19N5OS. The van der Waals surface area contributed by atoms with Gasteiger partial charge in [0.1, 0.15) is 5.82 Å². The van der Waals surface area contributed by atoms with E-state index in [9.17, 15) is 4.79 Å². The van der Waals surface area contributed by atoms with E-state index in [0.717, 1.165) is 17.3 Å². The van der Waals surface area contributed by atoms with Crippen LogP contribution in [0.15, 0.2) is 16.0 Å². The molecule has 2 aromatic heterocycles. The number of aromatic nitrogens is 4. The molecule has 0 aliphatic rings. The molecular weight excluding hydrogens is 262 g/mol. The first kappa shape index (κ1) is 13.9. The highest BCUT2D eigenvalue weighted by Crippen LogP contribution is 2.19. The van der Waals surface area contributed by atoms with Crippen LogP contribution in [0, 0.1) is 0 Å². The van der Waals surface area contributed by atoms with Gasteiger partial charge in [-0.05, 0) is 6.42 Å². The Kier molecular flexibility index (Phi) is 4.84. The summed E-state index contributed by atoms with van der Waals surface area (Å²) in [6.45, 7) is 2.21. The Morgan fingerprint density at radius 2 is 2.11 bits per heavy atom. The van der Waals surface area contributed by atoms with Gasteiger partial charge in [0.05, 0.1) is 0 Å². The second kappa shape index (κ2) is 6.60. The van der Waals surface area contributed by atoms with Crippen molar-refractivity contribution in [2.75, 3.05) is 11.5 Å². The Morgan fingerprint density at radius 1 is 1.32 bits per heavy atom. The zero-order valence-electron chi connectivity index (χ0n) is 11.1. The fraction of sp³-hybridized carbons (Fsp3) is 0.583. The summed E-state index contributed by atoms with van der Waals surface area (Å²) in [4.78, 5) is 13.9. The SMILES string of the molecule is CCCCCCCSc1nnc2[nH]c(=O)cc(N)n12. The third-order valence-corrected chi connectivity index (χ3v) is 3.90. The van der Waals surface area contributed by atoms with E-state index < -0.39 is 0 Å². The first-order valence-electron chi connectivity index (χ1n) is 6.59. The largest absolute Gasteiger partial charge is 0.385 e. The van der Waals surface area contributed by atoms with E-state index in [1.54, 1.807) is 16.2 Å². The zero-order chi connectivity index (χ0) is 13.7. The van der Waals surface area contributed by atoms with Gasteiger partial charge in [-0.25, -0.2) is 4.40 Å². The number of nitrogens with two attached hydrogens (primary N) is 1. The first-order valence-corrected chi connectivity index (χ1v) is 7.57. The van der Waals surface area contributed by atoms with Crippen LogP contribution in [-0.2, 0) is 0 Å². The lowest BCUT2D eigenvalue weighted by Crippen LogP contribution is -2.11. The topological polar surface area (TPSA) is 89.1 Å². The Hall–Kier alpha value is -1.50. The molecule has 0 aliphatic carbocycles. The fourth-order valence-corrected chi connectivity index (χ4v) is 2.84. The number of unbranched alkanes of at least 4 members (excludes halogenated alkanes) is 4. The van der Waals surface area contributed by atoms with Gasteiger partial charge < -0.3 is 5.73 Å². The minimum Gasteiger partial charge on any atom is -0.385 e. The monoisotopic (exact) mass is 281 g/mol. The highest BCUT2D eigenvalue weighted by molar-refractivity contribution is 7.99. The molecule has 104 valence electrons. The van der Waals surface area contributed by atoms with E-state index in [4.69, 9.17) is 5.73 Å². The number of rotatable bonds is 7. The van der Waals surface area contributed by atoms with Crippen LogP contribution in [0.4, 0.5) is 5.82 Å². The molecule has 3 N–H and O–H groups in total. The number of hydrogen-bond acceptors (Lipinski definition) is 5. The highest BCUT2D eigenvalue weighted by Gasteiger charge is 2.09. The van der Waals surface area contributed by atoms with Gasteiger partial charge in [-0.15, -0.1) is 10.2 Å². The Balaban J connectivity index is 1.96. The van der Waals surface area contributed by atoms with Crippen molar-refractivity contribution in [3.8, 4) is 0 Å². The van der Waals surface area contributed by atoms with Crippen LogP contribution in [0.2, 0.25) is 0 Å². The Labute approximate surface area is 115 Å². The second-order valence-electron chi connectivity index (χ2n) is 4.46. The zero-order valence-corrected chi connectivity index (χ0v) is 11.9. The van der Waals surface area contributed by atoms with Crippen molar-refractivity contribution in [3.63, 3.8) is 0 Å². The maximum absolute atomic E-state index is 11.3. The van der Waals surface area contributed by atoms with E-state index >= 15 is 0 Å². The van der Waals surface area contributed by atoms with Crippen LogP contribution >= 0.6 is 11.8 Å². The summed E-state index contributed by atoms with van der Waals surface area (Å²) in [7, 11) is 0. The predicted molar refractivity (Wildman–Crippen MR) is 77.5 cm³/mol. The predicted octanol–water partition coefficient (Wildman–Crippen LogP) is 2.06. The number of hydrogen-bond donors (Lipinski definition) is 2. The first-order chi connectivity index (χ1) is 9.22. The van der Waals surface area contributed by atoms with Crippen molar-refractivity contribution in [2.24, 2.45) is 0 Å². The molecule has 0 radical (unpaired) electrons. The van der Waals surface area contributed by atoms with Crippen LogP contribution in [0.3, 0.4) is 0 Å². The summed E-state index contributed by atoms with van der Waals surface area (Å²) in [5.41, 5.74) is 5.57. The summed E-state index contributed by atoms with van der Waals surface area (Å²) in [6, 6.07) is 1.35. The van der Waals surface area contributed by atoms with Crippen LogP contribution in [0.1, 0.15) is 39.0 Å². The quantitative estimate of drug-likeness (QED) is 0.599. The number of thioether (sulfide) groups is 1. The van der Waals surface area contributed by atoms with Gasteiger partial charge in [0.25, 0.3) is 5.56 Å². The minimum atomic E-state index is -0.256. The van der Waals surface area contributed by atoms with Gasteiger partial charge in [-0.3, -0.25) is 9.78 Å². The third kappa shape index (κ3) is 3.50. The molecule has 0 aromatic carbocycles. The lowest BCUT2D eigenvalue weighted by Gasteiger charge is -2.02. The van der Waals surface area contributed by atoms with Gasteiger partial charge >= 0.3 is 0 Å². The normalized spacial score (nSPS) is 11.2. The van der Waals surface area contributed by atoms with Crippen LogP contribution in [0.5, 0.6) is 0 Å². The average molecular weight is 281 g/mol. The van der Waals surface area contributed by atoms with Gasteiger partial charge in [0.15, 0.2) is 5.16 Å². The number of aromatic amines is 1. The minimum absolute atomic E-state index is 0.256. The van der Waals surface area contributed by atoms with Crippen molar-refractivity contribution in [1.82, 2.24) is 19.6 Å². The van der Waals surface area contributed by atoms with E-state index in [2.05, 4.69) is 22.1 Å². The standard InChI is InChI=1S/C12H19N5OS/c1-2-3-4-5-6-7-19-12-16-15-11-14-10(18)8-9(13)17(11)12/h8H,2-7,13H2,1H3,(H,14,15,18). The van der Waals surface area contributed by atoms with Gasteiger partial charge in [0.2, 0.25) is 5.78 Å². The molecule has 19 heavy (non-hydrogen) atoms. The van der Waals surface area contributed by atoms with E-state index in [-0.39, 0.29) is 5.56 Å². The molecule has 0 saturated carbocycles. The Bertz CT molecular complexity index is 591. The van der Waals surface area contributed by atoms with Crippen LogP contribution < -0.4 is 11.3 Å². The summed E-state index contributed by atoms with van der Waals surface area (Å²) in [6.07, 6.45) is 6.23. The summed E-state index contributed by atoms with van der Waals surface area (Å²) in [5, 5.41) is 8.72. The van der Waals surface area contributed by atoms with E-state index in [1.165, 1.54) is 31.7 Å². The smallest absolute Gasteiger partial charge is 0.254 e. The number of anilines is 1. The molecule has 6 nitrogen and oxygen atoms in total. The van der Waals surface area contributed by atoms with Gasteiger partial charge in [-0.1, -0.05) is 44.4 Å². The summed E-state index contributed by atoms with van der Waals surface area (Å²) >= 11 is 1.62. The van der Waals surface area contributed by atoms with Gasteiger partial charge in [0, 0.05) is 11.8 Å². The molecule has 0 atom stereocenters. The molecule has 2 aromatic rings. The summed E-state index contributed by atoms with van der Waals surface area (Å²) < 4.78 is 1.68. The molecule has 0 amide bonds. The molecule has 7 heteroatoms. The molecule has 0 saturated heterocycles. The van der Waals surface area contributed by atoms with Crippen LogP contribution in [-0.4, -0.2) is 25.3 Å². The molecule has 2 rings (SSSR count). The molecule has 2 heterocycles. The van der Waals surface area contributed by atoms with E-state index in [0.29, 0.717) is 11.6 Å². The maximum Gasteiger partial charge on any atom is 0.254 e. The van der Waals surface area contributed by atoms with Crippen molar-refractivity contribution in [3.05, 3.63) is 16.4 Å². The molecule has 0 fully saturated rings. The number of nitrogen functional groups attached to an aromatic ring is 1. The fourth-order valence-electron chi connectivity index (χ4n) is 1.89. The second-order valence-corrected chi connectivity index (χ2v) is 5.52. The summed E-state index contributed by atoms with van der Waals surface area (Å²) in [5.74, 6) is 1.76. The van der Waals surface area contributed by atoms with Crippen molar-refractivity contribution in [2.45, 2.75) is 44.2 Å². The maximum atomic E-state index is 11.3. The highest BCUT2D eigenvalue weighted by atomic mass is 32.2. The Morgan fingerprint density at radius 3 is 2.89 bits per heavy atom. The van der Waals surface area contributed by atoms with Crippen molar-refractivity contribution < 1.29 is 0 Å². The number of nitrogens with one attached hydrogen (secondary N) is 1. The number of H-pyrrole nitrogens is 1. The van der Waals surface area contributed by atoms with Crippen molar-refractivity contribution in [1.29, 1.82) is 0 Å². The number of fused-ring (bicyclic) bond motifs is 1. The van der Waals surface area contributed by atoms with Gasteiger partial charge in [-0.2, -0.15) is 0 Å². The molecule has 0 bridgehead atoms. The average Bonchev–Trinajstić information content (AvgIpc) is 2.77. The molecule has 0 aliphatic heterocycles.